The number of benzene rings is 2. The number of ketones is 1. The van der Waals surface area contributed by atoms with Gasteiger partial charge in [0, 0.05) is 22.8 Å². The van der Waals surface area contributed by atoms with E-state index in [1.54, 1.807) is 6.08 Å². The Balaban J connectivity index is 2.34. The molecule has 186 valence electrons. The topological polar surface area (TPSA) is 44.8 Å². The zero-order valence-corrected chi connectivity index (χ0v) is 21.9. The Morgan fingerprint density at radius 1 is 0.794 bits per heavy atom. The molecule has 0 saturated carbocycles. The molecule has 0 atom stereocenters. The Morgan fingerprint density at radius 2 is 1.41 bits per heavy atom. The van der Waals surface area contributed by atoms with Crippen molar-refractivity contribution in [2.24, 2.45) is 0 Å². The highest BCUT2D eigenvalue weighted by Gasteiger charge is 2.22. The van der Waals surface area contributed by atoms with Crippen molar-refractivity contribution in [3.05, 3.63) is 59.2 Å². The molecule has 2 aromatic rings. The van der Waals surface area contributed by atoms with Crippen LogP contribution in [-0.4, -0.2) is 25.6 Å². The largest absolute Gasteiger partial charge is 0.494 e. The van der Waals surface area contributed by atoms with E-state index in [0.717, 1.165) is 60.5 Å². The summed E-state index contributed by atoms with van der Waals surface area (Å²) in [5.74, 6) is 2.34. The Hall–Kier alpha value is -2.75. The smallest absolute Gasteiger partial charge is 0.185 e. The maximum Gasteiger partial charge on any atom is 0.185 e. The van der Waals surface area contributed by atoms with Crippen LogP contribution in [0.25, 0.3) is 6.08 Å². The summed E-state index contributed by atoms with van der Waals surface area (Å²) in [6.07, 6.45) is 8.55. The third-order valence-electron chi connectivity index (χ3n) is 5.46. The van der Waals surface area contributed by atoms with E-state index in [0.29, 0.717) is 25.4 Å². The maximum absolute atomic E-state index is 12.8. The fraction of sp³-hybridized carbons (Fsp3) is 0.500. The second-order valence-corrected chi connectivity index (χ2v) is 9.61. The predicted molar refractivity (Wildman–Crippen MR) is 142 cm³/mol. The van der Waals surface area contributed by atoms with Crippen LogP contribution in [0, 0.1) is 0 Å². The number of ether oxygens (including phenoxy) is 3. The van der Waals surface area contributed by atoms with Crippen LogP contribution in [0.1, 0.15) is 95.1 Å². The van der Waals surface area contributed by atoms with Crippen molar-refractivity contribution in [3.63, 3.8) is 0 Å². The van der Waals surface area contributed by atoms with Gasteiger partial charge < -0.3 is 14.2 Å². The Kier molecular flexibility index (Phi) is 11.2. The first-order chi connectivity index (χ1) is 16.3. The Bertz CT molecular complexity index is 920. The molecule has 0 N–H and O–H groups in total. The molecule has 0 amide bonds. The molecule has 0 saturated heterocycles. The monoisotopic (exact) mass is 466 g/mol. The molecule has 0 unspecified atom stereocenters. The first-order valence-electron chi connectivity index (χ1n) is 12.7. The van der Waals surface area contributed by atoms with Crippen molar-refractivity contribution in [1.29, 1.82) is 0 Å². The Morgan fingerprint density at radius 3 is 1.97 bits per heavy atom. The van der Waals surface area contributed by atoms with E-state index in [-0.39, 0.29) is 11.2 Å². The molecule has 0 fully saturated rings. The summed E-state index contributed by atoms with van der Waals surface area (Å²) in [5.41, 5.74) is 2.52. The fourth-order valence-electron chi connectivity index (χ4n) is 3.39. The Labute approximate surface area is 206 Å². The van der Waals surface area contributed by atoms with Gasteiger partial charge in [-0.2, -0.15) is 0 Å². The third-order valence-corrected chi connectivity index (χ3v) is 5.46. The lowest BCUT2D eigenvalue weighted by Crippen LogP contribution is -2.15. The summed E-state index contributed by atoms with van der Waals surface area (Å²) in [5, 5.41) is 0. The average Bonchev–Trinajstić information content (AvgIpc) is 2.81. The van der Waals surface area contributed by atoms with Gasteiger partial charge in [0.15, 0.2) is 5.78 Å². The number of carbonyl (C=O) groups is 1. The van der Waals surface area contributed by atoms with Gasteiger partial charge in [-0.05, 0) is 67.2 Å². The molecule has 2 rings (SSSR count). The van der Waals surface area contributed by atoms with Crippen molar-refractivity contribution < 1.29 is 19.0 Å². The molecule has 0 heterocycles. The van der Waals surface area contributed by atoms with Gasteiger partial charge in [-0.25, -0.2) is 0 Å². The molecule has 0 radical (unpaired) electrons. The van der Waals surface area contributed by atoms with Gasteiger partial charge >= 0.3 is 0 Å². The molecular weight excluding hydrogens is 424 g/mol. The van der Waals surface area contributed by atoms with Gasteiger partial charge in [-0.15, -0.1) is 0 Å². The van der Waals surface area contributed by atoms with E-state index in [1.165, 1.54) is 0 Å². The van der Waals surface area contributed by atoms with Crippen molar-refractivity contribution >= 4 is 11.9 Å². The minimum atomic E-state index is -0.107. The lowest BCUT2D eigenvalue weighted by molar-refractivity contribution is 0.104. The summed E-state index contributed by atoms with van der Waals surface area (Å²) in [4.78, 5) is 12.8. The molecule has 4 heteroatoms. The van der Waals surface area contributed by atoms with E-state index in [2.05, 4.69) is 47.6 Å². The molecule has 0 spiro atoms. The molecule has 34 heavy (non-hydrogen) atoms. The maximum atomic E-state index is 12.8. The highest BCUT2D eigenvalue weighted by atomic mass is 16.5. The molecule has 0 aliphatic rings. The van der Waals surface area contributed by atoms with Crippen molar-refractivity contribution in [2.75, 3.05) is 19.8 Å². The molecule has 2 aromatic carbocycles. The highest BCUT2D eigenvalue weighted by Crippen LogP contribution is 2.38. The summed E-state index contributed by atoms with van der Waals surface area (Å²) < 4.78 is 17.9. The van der Waals surface area contributed by atoms with Crippen LogP contribution in [0.5, 0.6) is 17.2 Å². The van der Waals surface area contributed by atoms with E-state index >= 15 is 0 Å². The number of rotatable bonds is 14. The fourth-order valence-corrected chi connectivity index (χ4v) is 3.39. The number of hydrogen-bond donors (Lipinski definition) is 0. The van der Waals surface area contributed by atoms with E-state index in [1.807, 2.05) is 36.4 Å². The number of carbonyl (C=O) groups excluding carboxylic acids is 1. The van der Waals surface area contributed by atoms with Gasteiger partial charge in [0.2, 0.25) is 0 Å². The van der Waals surface area contributed by atoms with Crippen LogP contribution < -0.4 is 14.2 Å². The predicted octanol–water partition coefficient (Wildman–Crippen LogP) is 8.03. The molecule has 0 aromatic heterocycles. The number of unbranched alkanes of at least 4 members (excludes halogenated alkanes) is 2. The molecule has 4 nitrogen and oxygen atoms in total. The summed E-state index contributed by atoms with van der Waals surface area (Å²) in [7, 11) is 0. The van der Waals surface area contributed by atoms with Gasteiger partial charge in [0.25, 0.3) is 0 Å². The van der Waals surface area contributed by atoms with Crippen molar-refractivity contribution in [2.45, 2.75) is 79.1 Å². The standard InChI is InChI=1S/C30H42O4/c1-7-10-19-33-28-22-29(34-20-11-8-2)26(30(4,5)6)21-24(28)14-17-27(31)23-12-15-25(16-13-23)32-18-9-3/h12-17,21-22H,7-11,18-20H2,1-6H3/b17-14+. The summed E-state index contributed by atoms with van der Waals surface area (Å²) in [6.45, 7) is 14.9. The molecule has 0 aliphatic heterocycles. The zero-order chi connectivity index (χ0) is 25.0. The van der Waals surface area contributed by atoms with Gasteiger partial charge in [-0.3, -0.25) is 4.79 Å². The summed E-state index contributed by atoms with van der Waals surface area (Å²) >= 11 is 0. The first-order valence-corrected chi connectivity index (χ1v) is 12.7. The van der Waals surface area contributed by atoms with Crippen LogP contribution in [0.15, 0.2) is 42.5 Å². The minimum Gasteiger partial charge on any atom is -0.494 e. The molecular formula is C30H42O4. The van der Waals surface area contributed by atoms with Crippen molar-refractivity contribution in [1.82, 2.24) is 0 Å². The molecule has 0 bridgehead atoms. The van der Waals surface area contributed by atoms with Crippen LogP contribution in [0.4, 0.5) is 0 Å². The second-order valence-electron chi connectivity index (χ2n) is 9.61. The second kappa shape index (κ2) is 13.8. The molecule has 0 aliphatic carbocycles. The van der Waals surface area contributed by atoms with Crippen LogP contribution in [0.3, 0.4) is 0 Å². The van der Waals surface area contributed by atoms with E-state index in [4.69, 9.17) is 14.2 Å². The average molecular weight is 467 g/mol. The lowest BCUT2D eigenvalue weighted by Gasteiger charge is -2.25. The SMILES string of the molecule is CCCCOc1cc(OCCCC)c(C(C)(C)C)cc1/C=C/C(=O)c1ccc(OCCC)cc1. The van der Waals surface area contributed by atoms with Crippen molar-refractivity contribution in [3.8, 4) is 17.2 Å². The lowest BCUT2D eigenvalue weighted by atomic mass is 9.85. The first kappa shape index (κ1) is 27.5. The highest BCUT2D eigenvalue weighted by molar-refractivity contribution is 6.07. The van der Waals surface area contributed by atoms with Gasteiger partial charge in [0.1, 0.15) is 17.2 Å². The van der Waals surface area contributed by atoms with Crippen LogP contribution in [-0.2, 0) is 5.41 Å². The van der Waals surface area contributed by atoms with E-state index < -0.39 is 0 Å². The van der Waals surface area contributed by atoms with Gasteiger partial charge in [0.05, 0.1) is 19.8 Å². The number of hydrogen-bond acceptors (Lipinski definition) is 4. The van der Waals surface area contributed by atoms with E-state index in [9.17, 15) is 4.79 Å². The van der Waals surface area contributed by atoms with Gasteiger partial charge in [-0.1, -0.05) is 54.4 Å². The zero-order valence-electron chi connectivity index (χ0n) is 21.9. The van der Waals surface area contributed by atoms with Crippen LogP contribution >= 0.6 is 0 Å². The minimum absolute atomic E-state index is 0.0536. The third kappa shape index (κ3) is 8.55. The number of allylic oxidation sites excluding steroid dienone is 1. The summed E-state index contributed by atoms with van der Waals surface area (Å²) in [6, 6.07) is 11.4. The quantitative estimate of drug-likeness (QED) is 0.161. The van der Waals surface area contributed by atoms with Crippen LogP contribution in [0.2, 0.25) is 0 Å². The normalized spacial score (nSPS) is 11.6.